The largest absolute Gasteiger partial charge is 0.473 e. The number of rotatable bonds is 2. The Morgan fingerprint density at radius 3 is 2.70 bits per heavy atom. The molecule has 4 N–H and O–H groups in total. The van der Waals surface area contributed by atoms with Crippen LogP contribution in [0.15, 0.2) is 12.1 Å². The van der Waals surface area contributed by atoms with Crippen LogP contribution in [0.3, 0.4) is 0 Å². The molecule has 2 atom stereocenters. The zero-order valence-electron chi connectivity index (χ0n) is 11.3. The number of nitrogens with two attached hydrogens (primary N) is 1. The Bertz CT molecular complexity index is 781. The summed E-state index contributed by atoms with van der Waals surface area (Å²) >= 11 is 0. The molecular weight excluding hydrogens is 315 g/mol. The van der Waals surface area contributed by atoms with Gasteiger partial charge in [0.1, 0.15) is 5.82 Å². The molecule has 1 spiro atoms. The van der Waals surface area contributed by atoms with Gasteiger partial charge in [0.2, 0.25) is 5.75 Å². The number of fused-ring (bicyclic) bond motifs is 2. The molecular formula is C12H9FN4O6. The maximum Gasteiger partial charge on any atom is 0.322 e. The summed E-state index contributed by atoms with van der Waals surface area (Å²) in [7, 11) is 0. The number of urea groups is 1. The normalized spacial score (nSPS) is 25.3. The molecule has 3 rings (SSSR count). The van der Waals surface area contributed by atoms with E-state index in [4.69, 9.17) is 10.5 Å². The smallest absolute Gasteiger partial charge is 0.322 e. The minimum Gasteiger partial charge on any atom is -0.473 e. The van der Waals surface area contributed by atoms with Crippen LogP contribution in [0, 0.1) is 15.9 Å². The van der Waals surface area contributed by atoms with Crippen molar-refractivity contribution in [3.8, 4) is 5.75 Å². The topological polar surface area (TPSA) is 154 Å². The van der Waals surface area contributed by atoms with Crippen molar-refractivity contribution in [2.24, 2.45) is 5.73 Å². The average molecular weight is 324 g/mol. The molecule has 120 valence electrons. The number of hydrogen-bond acceptors (Lipinski definition) is 6. The van der Waals surface area contributed by atoms with Crippen molar-refractivity contribution < 1.29 is 28.4 Å². The number of nitrogens with zero attached hydrogens (tertiary/aromatic N) is 1. The molecule has 1 aromatic carbocycles. The van der Waals surface area contributed by atoms with Gasteiger partial charge in [-0.2, -0.15) is 0 Å². The van der Waals surface area contributed by atoms with Crippen LogP contribution in [0.1, 0.15) is 12.0 Å². The van der Waals surface area contributed by atoms with E-state index in [-0.39, 0.29) is 5.56 Å². The molecule has 0 saturated carbocycles. The Balaban J connectivity index is 2.29. The molecule has 2 aliphatic rings. The third-order valence-corrected chi connectivity index (χ3v) is 3.70. The Morgan fingerprint density at radius 2 is 2.17 bits per heavy atom. The minimum atomic E-state index is -1.86. The average Bonchev–Trinajstić information content (AvgIpc) is 2.73. The van der Waals surface area contributed by atoms with Crippen LogP contribution in [0.4, 0.5) is 14.9 Å². The van der Waals surface area contributed by atoms with Crippen molar-refractivity contribution in [3.05, 3.63) is 33.6 Å². The summed E-state index contributed by atoms with van der Waals surface area (Å²) in [5, 5.41) is 15.3. The van der Waals surface area contributed by atoms with Gasteiger partial charge in [0, 0.05) is 12.0 Å². The Morgan fingerprint density at radius 1 is 1.48 bits per heavy atom. The van der Waals surface area contributed by atoms with Crippen LogP contribution < -0.4 is 21.1 Å². The summed E-state index contributed by atoms with van der Waals surface area (Å²) in [5.41, 5.74) is 2.27. The highest BCUT2D eigenvalue weighted by atomic mass is 19.1. The molecule has 0 radical (unpaired) electrons. The zero-order valence-corrected chi connectivity index (χ0v) is 11.3. The van der Waals surface area contributed by atoms with E-state index in [2.05, 4.69) is 5.32 Å². The first-order chi connectivity index (χ1) is 10.7. The Kier molecular flexibility index (Phi) is 2.95. The second-order valence-electron chi connectivity index (χ2n) is 5.09. The van der Waals surface area contributed by atoms with Gasteiger partial charge >= 0.3 is 11.7 Å². The summed E-state index contributed by atoms with van der Waals surface area (Å²) in [5.74, 6) is -3.34. The quantitative estimate of drug-likeness (QED) is 0.375. The van der Waals surface area contributed by atoms with E-state index in [1.807, 2.05) is 5.32 Å². The maximum atomic E-state index is 13.7. The predicted molar refractivity (Wildman–Crippen MR) is 69.6 cm³/mol. The number of hydrogen-bond donors (Lipinski definition) is 3. The summed E-state index contributed by atoms with van der Waals surface area (Å²) in [6.07, 6.45) is -1.82. The first-order valence-electron chi connectivity index (χ1n) is 6.32. The van der Waals surface area contributed by atoms with Gasteiger partial charge in [-0.25, -0.2) is 9.18 Å². The molecule has 23 heavy (non-hydrogen) atoms. The minimum absolute atomic E-state index is 0.245. The number of halogens is 1. The lowest BCUT2D eigenvalue weighted by atomic mass is 9.81. The van der Waals surface area contributed by atoms with Crippen molar-refractivity contribution in [3.63, 3.8) is 0 Å². The van der Waals surface area contributed by atoms with Crippen LogP contribution >= 0.6 is 0 Å². The summed E-state index contributed by atoms with van der Waals surface area (Å²) in [6.45, 7) is 0. The lowest BCUT2D eigenvalue weighted by Crippen LogP contribution is -2.53. The van der Waals surface area contributed by atoms with Gasteiger partial charge in [0.05, 0.1) is 11.0 Å². The van der Waals surface area contributed by atoms with Gasteiger partial charge in [-0.1, -0.05) is 0 Å². The number of carbonyl (C=O) groups excluding carboxylic acids is 3. The Hall–Kier alpha value is -3.24. The van der Waals surface area contributed by atoms with Gasteiger partial charge < -0.3 is 15.8 Å². The number of carbonyl (C=O) groups is 3. The van der Waals surface area contributed by atoms with Crippen molar-refractivity contribution >= 4 is 23.5 Å². The fourth-order valence-electron chi connectivity index (χ4n) is 2.71. The molecule has 0 bridgehead atoms. The second kappa shape index (κ2) is 4.63. The van der Waals surface area contributed by atoms with Crippen LogP contribution in [0.5, 0.6) is 5.75 Å². The Labute approximate surface area is 126 Å². The molecule has 10 nitrogen and oxygen atoms in total. The van der Waals surface area contributed by atoms with Gasteiger partial charge in [0.25, 0.3) is 11.8 Å². The van der Waals surface area contributed by atoms with Crippen molar-refractivity contribution in [1.29, 1.82) is 0 Å². The molecule has 2 heterocycles. The summed E-state index contributed by atoms with van der Waals surface area (Å²) < 4.78 is 18.9. The van der Waals surface area contributed by atoms with Crippen molar-refractivity contribution in [1.82, 2.24) is 10.6 Å². The van der Waals surface area contributed by atoms with E-state index in [0.29, 0.717) is 6.07 Å². The number of amides is 4. The zero-order chi connectivity index (χ0) is 16.9. The number of imide groups is 1. The number of nitro benzene ring substituents is 1. The van der Waals surface area contributed by atoms with E-state index in [1.54, 1.807) is 0 Å². The first kappa shape index (κ1) is 14.7. The van der Waals surface area contributed by atoms with Gasteiger partial charge in [-0.3, -0.25) is 25.0 Å². The number of nitro groups is 1. The maximum absolute atomic E-state index is 13.7. The summed E-state index contributed by atoms with van der Waals surface area (Å²) in [6, 6.07) is 0.549. The molecule has 0 aliphatic carbocycles. The molecule has 1 saturated heterocycles. The van der Waals surface area contributed by atoms with Crippen LogP contribution in [-0.4, -0.2) is 28.9 Å². The highest BCUT2D eigenvalue weighted by molar-refractivity contribution is 6.08. The monoisotopic (exact) mass is 324 g/mol. The van der Waals surface area contributed by atoms with Crippen molar-refractivity contribution in [2.45, 2.75) is 18.1 Å². The summed E-state index contributed by atoms with van der Waals surface area (Å²) in [4.78, 5) is 45.3. The number of nitrogens with one attached hydrogen (secondary N) is 2. The lowest BCUT2D eigenvalue weighted by Gasteiger charge is -2.35. The number of primary amides is 1. The van der Waals surface area contributed by atoms with Crippen LogP contribution in [0.2, 0.25) is 0 Å². The number of benzene rings is 1. The van der Waals surface area contributed by atoms with Gasteiger partial charge in [-0.15, -0.1) is 0 Å². The molecule has 2 aliphatic heterocycles. The third-order valence-electron chi connectivity index (χ3n) is 3.70. The van der Waals surface area contributed by atoms with E-state index in [9.17, 15) is 28.9 Å². The number of ether oxygens (including phenoxy) is 1. The predicted octanol–water partition coefficient (Wildman–Crippen LogP) is -0.595. The van der Waals surface area contributed by atoms with Gasteiger partial charge in [0.15, 0.2) is 11.6 Å². The van der Waals surface area contributed by atoms with Gasteiger partial charge in [-0.05, 0) is 6.07 Å². The van der Waals surface area contributed by atoms with E-state index < -0.39 is 58.1 Å². The molecule has 11 heteroatoms. The molecule has 1 fully saturated rings. The third kappa shape index (κ3) is 2.05. The fourth-order valence-corrected chi connectivity index (χ4v) is 2.71. The molecule has 4 amide bonds. The first-order valence-corrected chi connectivity index (χ1v) is 6.32. The van der Waals surface area contributed by atoms with E-state index >= 15 is 0 Å². The standard InChI is InChI=1S/C12H9FN4O6/c13-4-1-5-8(6(2-4)17(21)22)23-7(9(14)18)3-12(5)10(19)15-11(20)16-12/h1-2,7H,3H2,(H2,14,18)(H2,15,16,19,20)/t7-,12?/m1/s1. The van der Waals surface area contributed by atoms with Crippen LogP contribution in [0.25, 0.3) is 0 Å². The van der Waals surface area contributed by atoms with Crippen LogP contribution in [-0.2, 0) is 15.1 Å². The molecule has 0 aromatic heterocycles. The highest BCUT2D eigenvalue weighted by Crippen LogP contribution is 2.46. The van der Waals surface area contributed by atoms with E-state index in [1.165, 1.54) is 0 Å². The molecule has 1 unspecified atom stereocenters. The van der Waals surface area contributed by atoms with Crippen molar-refractivity contribution in [2.75, 3.05) is 0 Å². The SMILES string of the molecule is NC(=O)[C@H]1CC2(NC(=O)NC2=O)c2cc(F)cc([N+](=O)[O-])c2O1. The highest BCUT2D eigenvalue weighted by Gasteiger charge is 2.56. The lowest BCUT2D eigenvalue weighted by molar-refractivity contribution is -0.386. The molecule has 1 aromatic rings. The van der Waals surface area contributed by atoms with E-state index in [0.717, 1.165) is 6.07 Å². The second-order valence-corrected chi connectivity index (χ2v) is 5.09. The fraction of sp³-hybridized carbons (Fsp3) is 0.250.